The summed E-state index contributed by atoms with van der Waals surface area (Å²) in [5.41, 5.74) is 0.397. The molecule has 2 unspecified atom stereocenters. The minimum atomic E-state index is -0.379. The van der Waals surface area contributed by atoms with Crippen LogP contribution < -0.4 is 5.90 Å². The van der Waals surface area contributed by atoms with Gasteiger partial charge in [0, 0.05) is 13.1 Å². The van der Waals surface area contributed by atoms with Gasteiger partial charge < -0.3 is 9.74 Å². The van der Waals surface area contributed by atoms with Crippen molar-refractivity contribution in [2.45, 2.75) is 26.2 Å². The highest BCUT2D eigenvalue weighted by atomic mass is 16.7. The zero-order valence-corrected chi connectivity index (χ0v) is 7.95. The molecule has 2 rings (SSSR count). The molecule has 1 aliphatic carbocycles. The van der Waals surface area contributed by atoms with Gasteiger partial charge in [-0.15, -0.1) is 0 Å². The van der Waals surface area contributed by atoms with Gasteiger partial charge in [-0.25, -0.2) is 4.79 Å². The number of likely N-dealkylation sites (tertiary alicyclic amines) is 1. The van der Waals surface area contributed by atoms with E-state index >= 15 is 0 Å². The number of carbonyl (C=O) groups is 1. The van der Waals surface area contributed by atoms with E-state index in [2.05, 4.69) is 11.8 Å². The summed E-state index contributed by atoms with van der Waals surface area (Å²) in [6.07, 6.45) is 3.29. The van der Waals surface area contributed by atoms with E-state index in [1.807, 2.05) is 0 Å². The van der Waals surface area contributed by atoms with Crippen molar-refractivity contribution in [2.75, 3.05) is 13.1 Å². The number of amides is 1. The Labute approximate surface area is 78.0 Å². The van der Waals surface area contributed by atoms with Crippen LogP contribution in [0.4, 0.5) is 4.79 Å². The molecule has 13 heavy (non-hydrogen) atoms. The molecule has 1 spiro atoms. The normalized spacial score (nSPS) is 37.7. The zero-order chi connectivity index (χ0) is 9.47. The van der Waals surface area contributed by atoms with Gasteiger partial charge in [0.15, 0.2) is 0 Å². The maximum Gasteiger partial charge on any atom is 0.428 e. The monoisotopic (exact) mass is 184 g/mol. The first-order valence-corrected chi connectivity index (χ1v) is 4.83. The van der Waals surface area contributed by atoms with E-state index in [-0.39, 0.29) is 6.09 Å². The van der Waals surface area contributed by atoms with Gasteiger partial charge in [0.05, 0.1) is 0 Å². The predicted molar refractivity (Wildman–Crippen MR) is 47.7 cm³/mol. The van der Waals surface area contributed by atoms with Gasteiger partial charge in [-0.3, -0.25) is 0 Å². The smallest absolute Gasteiger partial charge is 0.357 e. The SMILES string of the molecule is CC1CCC12CCN(C(=O)ON)C2. The molecule has 1 saturated heterocycles. The Morgan fingerprint density at radius 1 is 1.62 bits per heavy atom. The average Bonchev–Trinajstić information content (AvgIpc) is 2.61. The van der Waals surface area contributed by atoms with Crippen LogP contribution >= 0.6 is 0 Å². The fraction of sp³-hybridized carbons (Fsp3) is 0.889. The molecular weight excluding hydrogens is 168 g/mol. The third-order valence-corrected chi connectivity index (χ3v) is 3.87. The van der Waals surface area contributed by atoms with Crippen molar-refractivity contribution in [1.29, 1.82) is 0 Å². The van der Waals surface area contributed by atoms with Crippen molar-refractivity contribution in [3.05, 3.63) is 0 Å². The molecule has 4 heteroatoms. The molecule has 1 saturated carbocycles. The lowest BCUT2D eigenvalue weighted by Gasteiger charge is -2.45. The Balaban J connectivity index is 1.97. The second-order valence-corrected chi connectivity index (χ2v) is 4.36. The van der Waals surface area contributed by atoms with Crippen molar-refractivity contribution < 1.29 is 9.63 Å². The zero-order valence-electron chi connectivity index (χ0n) is 7.95. The Morgan fingerprint density at radius 2 is 2.38 bits per heavy atom. The van der Waals surface area contributed by atoms with Crippen molar-refractivity contribution >= 4 is 6.09 Å². The fourth-order valence-electron chi connectivity index (χ4n) is 2.57. The van der Waals surface area contributed by atoms with Gasteiger partial charge in [-0.2, -0.15) is 5.90 Å². The molecule has 1 heterocycles. The summed E-state index contributed by atoms with van der Waals surface area (Å²) in [6.45, 7) is 3.91. The second kappa shape index (κ2) is 2.87. The van der Waals surface area contributed by atoms with Crippen molar-refractivity contribution in [3.8, 4) is 0 Å². The first-order valence-electron chi connectivity index (χ1n) is 4.83. The van der Waals surface area contributed by atoms with E-state index in [0.29, 0.717) is 5.41 Å². The molecule has 2 aliphatic rings. The van der Waals surface area contributed by atoms with Crippen LogP contribution in [0.2, 0.25) is 0 Å². The van der Waals surface area contributed by atoms with Gasteiger partial charge in [0.25, 0.3) is 0 Å². The highest BCUT2D eigenvalue weighted by Gasteiger charge is 2.49. The summed E-state index contributed by atoms with van der Waals surface area (Å²) in [7, 11) is 0. The van der Waals surface area contributed by atoms with Crippen molar-refractivity contribution in [3.63, 3.8) is 0 Å². The van der Waals surface area contributed by atoms with Crippen LogP contribution in [-0.4, -0.2) is 24.1 Å². The molecule has 2 atom stereocenters. The summed E-state index contributed by atoms with van der Waals surface area (Å²) < 4.78 is 0. The van der Waals surface area contributed by atoms with E-state index in [4.69, 9.17) is 5.90 Å². The molecule has 74 valence electrons. The molecule has 0 aromatic heterocycles. The van der Waals surface area contributed by atoms with Gasteiger partial charge in [0.2, 0.25) is 0 Å². The lowest BCUT2D eigenvalue weighted by Crippen LogP contribution is -2.42. The van der Waals surface area contributed by atoms with Crippen LogP contribution in [-0.2, 0) is 4.84 Å². The minimum Gasteiger partial charge on any atom is -0.357 e. The number of nitrogens with zero attached hydrogens (tertiary/aromatic N) is 1. The summed E-state index contributed by atoms with van der Waals surface area (Å²) in [5.74, 6) is 5.60. The van der Waals surface area contributed by atoms with Crippen LogP contribution in [0, 0.1) is 11.3 Å². The summed E-state index contributed by atoms with van der Waals surface area (Å²) in [4.78, 5) is 17.1. The Bertz CT molecular complexity index is 232. The second-order valence-electron chi connectivity index (χ2n) is 4.36. The summed E-state index contributed by atoms with van der Waals surface area (Å²) >= 11 is 0. The maximum atomic E-state index is 11.1. The van der Waals surface area contributed by atoms with Gasteiger partial charge in [-0.1, -0.05) is 6.92 Å². The topological polar surface area (TPSA) is 55.6 Å². The number of nitrogens with two attached hydrogens (primary N) is 1. The molecule has 0 bridgehead atoms. The quantitative estimate of drug-likeness (QED) is 0.574. The average molecular weight is 184 g/mol. The lowest BCUT2D eigenvalue weighted by atomic mass is 9.60. The van der Waals surface area contributed by atoms with Gasteiger partial charge in [-0.05, 0) is 30.6 Å². The van der Waals surface area contributed by atoms with E-state index in [1.54, 1.807) is 4.90 Å². The predicted octanol–water partition coefficient (Wildman–Crippen LogP) is 1.12. The molecular formula is C9H16N2O2. The molecule has 2 N–H and O–H groups in total. The first-order chi connectivity index (χ1) is 6.18. The summed E-state index contributed by atoms with van der Waals surface area (Å²) in [6, 6.07) is 0. The molecule has 0 aromatic carbocycles. The Hall–Kier alpha value is -0.770. The van der Waals surface area contributed by atoms with Crippen LogP contribution in [0.1, 0.15) is 26.2 Å². The van der Waals surface area contributed by atoms with E-state index < -0.39 is 0 Å². The molecule has 0 radical (unpaired) electrons. The highest BCUT2D eigenvalue weighted by molar-refractivity contribution is 5.67. The number of hydrogen-bond donors (Lipinski definition) is 1. The number of rotatable bonds is 0. The molecule has 4 nitrogen and oxygen atoms in total. The van der Waals surface area contributed by atoms with Crippen molar-refractivity contribution in [2.24, 2.45) is 17.2 Å². The van der Waals surface area contributed by atoms with Crippen molar-refractivity contribution in [1.82, 2.24) is 4.90 Å². The van der Waals surface area contributed by atoms with Crippen LogP contribution in [0.5, 0.6) is 0 Å². The molecule has 1 aliphatic heterocycles. The standard InChI is InChI=1S/C9H16N2O2/c1-7-2-3-9(7)4-5-11(6-9)8(12)13-10/h7H,2-6,10H2,1H3. The molecule has 0 aromatic rings. The van der Waals surface area contributed by atoms with E-state index in [9.17, 15) is 4.79 Å². The van der Waals surface area contributed by atoms with Gasteiger partial charge in [0.1, 0.15) is 0 Å². The molecule has 1 amide bonds. The Morgan fingerprint density at radius 3 is 2.77 bits per heavy atom. The highest BCUT2D eigenvalue weighted by Crippen LogP contribution is 2.52. The summed E-state index contributed by atoms with van der Waals surface area (Å²) in [5, 5.41) is 0. The van der Waals surface area contributed by atoms with Crippen LogP contribution in [0.3, 0.4) is 0 Å². The third kappa shape index (κ3) is 1.20. The molecule has 2 fully saturated rings. The van der Waals surface area contributed by atoms with E-state index in [0.717, 1.165) is 25.4 Å². The number of hydrogen-bond acceptors (Lipinski definition) is 3. The lowest BCUT2D eigenvalue weighted by molar-refractivity contribution is 0.0480. The van der Waals surface area contributed by atoms with Gasteiger partial charge >= 0.3 is 6.09 Å². The third-order valence-electron chi connectivity index (χ3n) is 3.87. The minimum absolute atomic E-state index is 0.379. The fourth-order valence-corrected chi connectivity index (χ4v) is 2.57. The Kier molecular flexibility index (Phi) is 1.95. The largest absolute Gasteiger partial charge is 0.428 e. The first kappa shape index (κ1) is 8.81. The van der Waals surface area contributed by atoms with Crippen LogP contribution in [0.15, 0.2) is 0 Å². The van der Waals surface area contributed by atoms with E-state index in [1.165, 1.54) is 12.8 Å². The van der Waals surface area contributed by atoms with Crippen LogP contribution in [0.25, 0.3) is 0 Å². The maximum absolute atomic E-state index is 11.1. The number of carbonyl (C=O) groups excluding carboxylic acids is 1.